The van der Waals surface area contributed by atoms with Crippen LogP contribution in [0.3, 0.4) is 0 Å². The van der Waals surface area contributed by atoms with E-state index in [9.17, 15) is 8.42 Å². The first kappa shape index (κ1) is 15.9. The Labute approximate surface area is 129 Å². The molecule has 114 valence electrons. The van der Waals surface area contributed by atoms with E-state index in [2.05, 4.69) is 4.98 Å². The van der Waals surface area contributed by atoms with Crippen molar-refractivity contribution in [2.24, 2.45) is 0 Å². The average molecular weight is 326 g/mol. The first-order valence-electron chi connectivity index (χ1n) is 6.35. The van der Waals surface area contributed by atoms with Crippen LogP contribution in [0.4, 0.5) is 0 Å². The van der Waals surface area contributed by atoms with Crippen LogP contribution in [0.1, 0.15) is 16.8 Å². The van der Waals surface area contributed by atoms with Crippen LogP contribution in [0.2, 0.25) is 0 Å². The molecule has 0 unspecified atom stereocenters. The number of benzene rings is 1. The zero-order valence-electron chi connectivity index (χ0n) is 12.5. The third kappa shape index (κ3) is 3.25. The quantitative estimate of drug-likeness (QED) is 0.847. The van der Waals surface area contributed by atoms with E-state index < -0.39 is 10.0 Å². The topological polar surface area (TPSA) is 59.5 Å². The molecular formula is C14H18N2O3S2. The van der Waals surface area contributed by atoms with Gasteiger partial charge in [0, 0.05) is 12.4 Å². The molecule has 1 heterocycles. The van der Waals surface area contributed by atoms with E-state index in [0.29, 0.717) is 5.75 Å². The fourth-order valence-corrected chi connectivity index (χ4v) is 3.83. The smallest absolute Gasteiger partial charge is 0.246 e. The van der Waals surface area contributed by atoms with Gasteiger partial charge in [-0.3, -0.25) is 0 Å². The summed E-state index contributed by atoms with van der Waals surface area (Å²) in [5.74, 6) is 0.364. The van der Waals surface area contributed by atoms with Gasteiger partial charge < -0.3 is 4.74 Å². The Morgan fingerprint density at radius 1 is 1.29 bits per heavy atom. The molecule has 5 nitrogen and oxygen atoms in total. The Bertz CT molecular complexity index is 725. The molecule has 0 aliphatic rings. The molecule has 7 heteroatoms. The van der Waals surface area contributed by atoms with Crippen LogP contribution in [0, 0.1) is 13.8 Å². The zero-order valence-corrected chi connectivity index (χ0v) is 14.1. The highest BCUT2D eigenvalue weighted by Crippen LogP contribution is 2.29. The van der Waals surface area contributed by atoms with Crippen LogP contribution in [0.15, 0.2) is 27.9 Å². The third-order valence-electron chi connectivity index (χ3n) is 3.34. The number of sulfonamides is 1. The molecule has 0 aliphatic carbocycles. The SMILES string of the molecule is COc1cc(C)c(C)cc1S(=O)(=O)N(C)Cc1cscn1. The van der Waals surface area contributed by atoms with Crippen molar-refractivity contribution >= 4 is 21.4 Å². The van der Waals surface area contributed by atoms with Crippen molar-refractivity contribution in [2.45, 2.75) is 25.3 Å². The van der Waals surface area contributed by atoms with Crippen molar-refractivity contribution < 1.29 is 13.2 Å². The van der Waals surface area contributed by atoms with Crippen molar-refractivity contribution in [2.75, 3.05) is 14.2 Å². The minimum absolute atomic E-state index is 0.186. The van der Waals surface area contributed by atoms with Gasteiger partial charge in [-0.25, -0.2) is 13.4 Å². The second-order valence-electron chi connectivity index (χ2n) is 4.83. The van der Waals surface area contributed by atoms with Gasteiger partial charge in [-0.1, -0.05) is 0 Å². The van der Waals surface area contributed by atoms with E-state index in [-0.39, 0.29) is 11.4 Å². The number of rotatable bonds is 5. The molecule has 0 amide bonds. The zero-order chi connectivity index (χ0) is 15.6. The summed E-state index contributed by atoms with van der Waals surface area (Å²) in [5.41, 5.74) is 4.32. The lowest BCUT2D eigenvalue weighted by molar-refractivity contribution is 0.397. The Morgan fingerprint density at radius 3 is 2.52 bits per heavy atom. The Hall–Kier alpha value is -1.44. The van der Waals surface area contributed by atoms with Crippen molar-refractivity contribution in [3.63, 3.8) is 0 Å². The molecule has 1 aromatic heterocycles. The Balaban J connectivity index is 2.41. The number of aryl methyl sites for hydroxylation is 2. The summed E-state index contributed by atoms with van der Waals surface area (Å²) < 4.78 is 32.0. The Kier molecular flexibility index (Phi) is 4.65. The standard InChI is InChI=1S/C14H18N2O3S2/c1-10-5-13(19-4)14(6-11(10)2)21(17,18)16(3)7-12-8-20-9-15-12/h5-6,8-9H,7H2,1-4H3. The molecule has 0 spiro atoms. The fourth-order valence-electron chi connectivity index (χ4n) is 1.92. The molecule has 0 saturated heterocycles. The van der Waals surface area contributed by atoms with Gasteiger partial charge in [0.15, 0.2) is 0 Å². The number of aromatic nitrogens is 1. The van der Waals surface area contributed by atoms with Crippen molar-refractivity contribution in [3.05, 3.63) is 39.8 Å². The van der Waals surface area contributed by atoms with E-state index in [0.717, 1.165) is 16.8 Å². The summed E-state index contributed by atoms with van der Waals surface area (Å²) in [4.78, 5) is 4.30. The summed E-state index contributed by atoms with van der Waals surface area (Å²) in [7, 11) is -0.603. The average Bonchev–Trinajstić information content (AvgIpc) is 2.94. The summed E-state index contributed by atoms with van der Waals surface area (Å²) in [6.07, 6.45) is 0. The van der Waals surface area contributed by atoms with Gasteiger partial charge in [0.2, 0.25) is 10.0 Å². The van der Waals surface area contributed by atoms with Crippen LogP contribution in [-0.2, 0) is 16.6 Å². The molecule has 0 atom stereocenters. The highest BCUT2D eigenvalue weighted by Gasteiger charge is 2.26. The van der Waals surface area contributed by atoms with Crippen LogP contribution in [0.5, 0.6) is 5.75 Å². The molecule has 2 aromatic rings. The molecule has 0 radical (unpaired) electrons. The molecule has 0 N–H and O–H groups in total. The monoisotopic (exact) mass is 326 g/mol. The maximum absolute atomic E-state index is 12.7. The number of hydrogen-bond acceptors (Lipinski definition) is 5. The van der Waals surface area contributed by atoms with Gasteiger partial charge in [0.25, 0.3) is 0 Å². The lowest BCUT2D eigenvalue weighted by Gasteiger charge is -2.19. The first-order chi connectivity index (χ1) is 9.86. The fraction of sp³-hybridized carbons (Fsp3) is 0.357. The third-order valence-corrected chi connectivity index (χ3v) is 5.80. The molecule has 0 saturated carbocycles. The second-order valence-corrected chi connectivity index (χ2v) is 7.56. The van der Waals surface area contributed by atoms with Crippen LogP contribution < -0.4 is 4.74 Å². The van der Waals surface area contributed by atoms with Crippen molar-refractivity contribution in [1.82, 2.24) is 9.29 Å². The summed E-state index contributed by atoms with van der Waals surface area (Å²) >= 11 is 1.44. The van der Waals surface area contributed by atoms with Gasteiger partial charge in [-0.15, -0.1) is 11.3 Å². The number of hydrogen-bond donors (Lipinski definition) is 0. The molecule has 0 fully saturated rings. The first-order valence-corrected chi connectivity index (χ1v) is 8.73. The van der Waals surface area contributed by atoms with E-state index in [4.69, 9.17) is 4.74 Å². The molecule has 2 rings (SSSR count). The summed E-state index contributed by atoms with van der Waals surface area (Å²) in [6, 6.07) is 3.40. The normalized spacial score (nSPS) is 11.9. The number of methoxy groups -OCH3 is 1. The maximum atomic E-state index is 12.7. The van der Waals surface area contributed by atoms with Gasteiger partial charge in [-0.05, 0) is 37.1 Å². The van der Waals surface area contributed by atoms with Gasteiger partial charge in [-0.2, -0.15) is 4.31 Å². The van der Waals surface area contributed by atoms with Gasteiger partial charge in [0.1, 0.15) is 10.6 Å². The molecule has 1 aromatic carbocycles. The predicted molar refractivity (Wildman–Crippen MR) is 83.2 cm³/mol. The minimum Gasteiger partial charge on any atom is -0.495 e. The molecule has 0 bridgehead atoms. The highest BCUT2D eigenvalue weighted by atomic mass is 32.2. The van der Waals surface area contributed by atoms with E-state index in [1.807, 2.05) is 19.2 Å². The molecule has 21 heavy (non-hydrogen) atoms. The Morgan fingerprint density at radius 2 is 1.95 bits per heavy atom. The second kappa shape index (κ2) is 6.13. The summed E-state index contributed by atoms with van der Waals surface area (Å²) in [5, 5.41) is 1.84. The number of nitrogens with zero attached hydrogens (tertiary/aromatic N) is 2. The highest BCUT2D eigenvalue weighted by molar-refractivity contribution is 7.89. The number of ether oxygens (including phenoxy) is 1. The van der Waals surface area contributed by atoms with Gasteiger partial charge >= 0.3 is 0 Å². The minimum atomic E-state index is -3.62. The lowest BCUT2D eigenvalue weighted by atomic mass is 10.1. The van der Waals surface area contributed by atoms with E-state index >= 15 is 0 Å². The van der Waals surface area contributed by atoms with Gasteiger partial charge in [0.05, 0.1) is 24.9 Å². The molecule has 0 aliphatic heterocycles. The predicted octanol–water partition coefficient (Wildman–Crippen LogP) is 2.59. The van der Waals surface area contributed by atoms with E-state index in [1.165, 1.54) is 22.8 Å². The van der Waals surface area contributed by atoms with Crippen LogP contribution in [-0.4, -0.2) is 31.9 Å². The van der Waals surface area contributed by atoms with E-state index in [1.54, 1.807) is 24.7 Å². The molecular weight excluding hydrogens is 308 g/mol. The van der Waals surface area contributed by atoms with Crippen LogP contribution in [0.25, 0.3) is 0 Å². The maximum Gasteiger partial charge on any atom is 0.246 e. The van der Waals surface area contributed by atoms with Crippen molar-refractivity contribution in [1.29, 1.82) is 0 Å². The van der Waals surface area contributed by atoms with Crippen LogP contribution >= 0.6 is 11.3 Å². The van der Waals surface area contributed by atoms with Crippen molar-refractivity contribution in [3.8, 4) is 5.75 Å². The lowest BCUT2D eigenvalue weighted by Crippen LogP contribution is -2.27. The summed E-state index contributed by atoms with van der Waals surface area (Å²) in [6.45, 7) is 4.05. The largest absolute Gasteiger partial charge is 0.495 e. The number of thiazole rings is 1.